The van der Waals surface area contributed by atoms with Crippen molar-refractivity contribution < 1.29 is 9.90 Å². The third kappa shape index (κ3) is 11.9. The van der Waals surface area contributed by atoms with E-state index in [4.69, 9.17) is 9.97 Å². The Morgan fingerprint density at radius 2 is 0.687 bits per heavy atom. The number of carboxylic acid groups (broad SMARTS) is 1. The van der Waals surface area contributed by atoms with Gasteiger partial charge in [-0.15, -0.1) is 0 Å². The Balaban J connectivity index is 1.02. The number of aromatic carboxylic acids is 1. The molecule has 0 aliphatic heterocycles. The van der Waals surface area contributed by atoms with Gasteiger partial charge in [0, 0.05) is 21.6 Å². The lowest BCUT2D eigenvalue weighted by Gasteiger charge is -2.33. The SMILES string of the molecule is CCCCCCCCC1(CCCCCCCC)c2ccccc2-c2ccc(-c3ccc4c5ccc(-c6ccc7c(c6)C(CCCCCCCC)(CCCCCCCC)c6ccccc6-7)cc5c5nc6cc(C(=O)O)ccc6nc5c4c3)cc21. The molecule has 430 valence electrons. The molecule has 1 aromatic heterocycles. The van der Waals surface area contributed by atoms with E-state index in [1.807, 2.05) is 6.07 Å². The molecule has 0 saturated heterocycles. The molecule has 0 amide bonds. The Hall–Kier alpha value is -6.65. The van der Waals surface area contributed by atoms with Gasteiger partial charge in [0.15, 0.2) is 0 Å². The molecule has 4 heteroatoms. The predicted octanol–water partition coefficient (Wildman–Crippen LogP) is 23.7. The van der Waals surface area contributed by atoms with Crippen LogP contribution in [0, 0.1) is 0 Å². The molecule has 1 N–H and O–H groups in total. The van der Waals surface area contributed by atoms with Gasteiger partial charge in [-0.25, -0.2) is 14.8 Å². The second kappa shape index (κ2) is 26.9. The van der Waals surface area contributed by atoms with Gasteiger partial charge in [-0.05, 0) is 146 Å². The first-order valence-corrected chi connectivity index (χ1v) is 33.2. The number of unbranched alkanes of at least 4 members (excludes halogenated alkanes) is 20. The highest BCUT2D eigenvalue weighted by Crippen LogP contribution is 2.57. The van der Waals surface area contributed by atoms with Gasteiger partial charge in [0.05, 0.1) is 27.6 Å². The lowest BCUT2D eigenvalue weighted by molar-refractivity contribution is 0.0697. The van der Waals surface area contributed by atoms with Crippen molar-refractivity contribution in [2.45, 2.75) is 218 Å². The van der Waals surface area contributed by atoms with Gasteiger partial charge in [-0.3, -0.25) is 0 Å². The van der Waals surface area contributed by atoms with E-state index in [0.29, 0.717) is 11.0 Å². The quantitative estimate of drug-likeness (QED) is 0.0267. The average molecular weight is 1100 g/mol. The van der Waals surface area contributed by atoms with E-state index in [2.05, 4.69) is 149 Å². The van der Waals surface area contributed by atoms with Crippen molar-refractivity contribution in [3.63, 3.8) is 0 Å². The van der Waals surface area contributed by atoms with Crippen LogP contribution in [0.1, 0.15) is 240 Å². The normalized spacial score (nSPS) is 13.7. The number of hydrogen-bond acceptors (Lipinski definition) is 3. The summed E-state index contributed by atoms with van der Waals surface area (Å²) in [7, 11) is 0. The first-order chi connectivity index (χ1) is 40.8. The molecule has 9 aromatic rings. The topological polar surface area (TPSA) is 63.1 Å². The zero-order valence-corrected chi connectivity index (χ0v) is 50.8. The van der Waals surface area contributed by atoms with Gasteiger partial charge in [0.2, 0.25) is 0 Å². The summed E-state index contributed by atoms with van der Waals surface area (Å²) in [5, 5.41) is 14.5. The molecule has 0 spiro atoms. The molecular weight excluding hydrogens is 1010 g/mol. The Morgan fingerprint density at radius 3 is 1.10 bits per heavy atom. The Bertz CT molecular complexity index is 3680. The maximum atomic E-state index is 12.4. The van der Waals surface area contributed by atoms with Crippen LogP contribution >= 0.6 is 0 Å². The number of fused-ring (bicyclic) bond motifs is 13. The number of benzene rings is 8. The lowest BCUT2D eigenvalue weighted by Crippen LogP contribution is -2.25. The molecule has 4 nitrogen and oxygen atoms in total. The van der Waals surface area contributed by atoms with Crippen LogP contribution in [0.5, 0.6) is 0 Å². The largest absolute Gasteiger partial charge is 0.478 e. The molecule has 1 heterocycles. The van der Waals surface area contributed by atoms with E-state index in [0.717, 1.165) is 38.1 Å². The van der Waals surface area contributed by atoms with Gasteiger partial charge >= 0.3 is 5.97 Å². The number of carboxylic acids is 1. The fourth-order valence-electron chi connectivity index (χ4n) is 15.3. The van der Waals surface area contributed by atoms with Crippen molar-refractivity contribution in [2.24, 2.45) is 0 Å². The van der Waals surface area contributed by atoms with Crippen LogP contribution in [0.3, 0.4) is 0 Å². The third-order valence-electron chi connectivity index (χ3n) is 19.8. The van der Waals surface area contributed by atoms with Gasteiger partial charge in [0.25, 0.3) is 0 Å². The molecule has 8 aromatic carbocycles. The minimum atomic E-state index is -0.965. The average Bonchev–Trinajstić information content (AvgIpc) is 3.84. The molecule has 0 fully saturated rings. The van der Waals surface area contributed by atoms with E-state index in [1.165, 1.54) is 241 Å². The summed E-state index contributed by atoms with van der Waals surface area (Å²) in [6, 6.07) is 52.6. The molecule has 11 rings (SSSR count). The summed E-state index contributed by atoms with van der Waals surface area (Å²) in [4.78, 5) is 23.3. The molecular formula is C79H92N2O2. The summed E-state index contributed by atoms with van der Waals surface area (Å²) >= 11 is 0. The summed E-state index contributed by atoms with van der Waals surface area (Å²) in [6.45, 7) is 9.25. The maximum Gasteiger partial charge on any atom is 0.335 e. The monoisotopic (exact) mass is 1100 g/mol. The highest BCUT2D eigenvalue weighted by atomic mass is 16.4. The lowest BCUT2D eigenvalue weighted by atomic mass is 9.70. The predicted molar refractivity (Wildman–Crippen MR) is 354 cm³/mol. The van der Waals surface area contributed by atoms with Crippen LogP contribution < -0.4 is 0 Å². The number of rotatable bonds is 31. The molecule has 0 unspecified atom stereocenters. The fraction of sp³-hybridized carbons (Fsp3) is 0.430. The van der Waals surface area contributed by atoms with E-state index in [-0.39, 0.29) is 16.4 Å². The minimum absolute atomic E-state index is 0.0137. The van der Waals surface area contributed by atoms with Crippen LogP contribution in [0.25, 0.3) is 88.1 Å². The van der Waals surface area contributed by atoms with Crippen LogP contribution in [-0.2, 0) is 10.8 Å². The van der Waals surface area contributed by atoms with Gasteiger partial charge < -0.3 is 5.11 Å². The molecule has 0 atom stereocenters. The zero-order valence-electron chi connectivity index (χ0n) is 50.8. The minimum Gasteiger partial charge on any atom is -0.478 e. The highest BCUT2D eigenvalue weighted by Gasteiger charge is 2.44. The molecule has 83 heavy (non-hydrogen) atoms. The van der Waals surface area contributed by atoms with Gasteiger partial charge in [-0.2, -0.15) is 0 Å². The van der Waals surface area contributed by atoms with Crippen molar-refractivity contribution in [3.05, 3.63) is 167 Å². The van der Waals surface area contributed by atoms with Crippen molar-refractivity contribution in [2.75, 3.05) is 0 Å². The van der Waals surface area contributed by atoms with Crippen LogP contribution in [-0.4, -0.2) is 21.0 Å². The number of carbonyl (C=O) groups is 1. The van der Waals surface area contributed by atoms with Crippen LogP contribution in [0.2, 0.25) is 0 Å². The van der Waals surface area contributed by atoms with E-state index in [9.17, 15) is 9.90 Å². The van der Waals surface area contributed by atoms with Crippen molar-refractivity contribution in [3.8, 4) is 44.5 Å². The Morgan fingerprint density at radius 1 is 0.337 bits per heavy atom. The molecule has 2 aliphatic carbocycles. The Labute approximate surface area is 497 Å². The summed E-state index contributed by atoms with van der Waals surface area (Å²) < 4.78 is 0. The van der Waals surface area contributed by atoms with Crippen LogP contribution in [0.4, 0.5) is 0 Å². The maximum absolute atomic E-state index is 12.4. The highest BCUT2D eigenvalue weighted by molar-refractivity contribution is 6.25. The first kappa shape index (κ1) is 58.1. The fourth-order valence-corrected chi connectivity index (χ4v) is 15.3. The van der Waals surface area contributed by atoms with E-state index < -0.39 is 5.97 Å². The third-order valence-corrected chi connectivity index (χ3v) is 19.8. The number of aromatic nitrogens is 2. The summed E-state index contributed by atoms with van der Waals surface area (Å²) in [5.74, 6) is -0.965. The molecule has 2 aliphatic rings. The zero-order chi connectivity index (χ0) is 57.2. The summed E-state index contributed by atoms with van der Waals surface area (Å²) in [6.07, 6.45) is 35.8. The standard InChI is InChI=1S/C79H92N2O2/c1-5-9-13-17-21-29-47-78(48-30-22-18-14-10-6-2)69-35-27-25-33-63(69)65-44-39-58(53-71(65)78)56-37-42-61-62-43-38-57(52-68(62)76-75(67(61)51-56)80-73-46-41-60(77(82)83)55-74(73)81-76)59-40-45-66-64-34-26-28-36-70(64)79(72(66)54-59,49-31-23-19-15-11-7-3)50-32-24-20-16-12-8-4/h25-28,33-46,51-55H,5-24,29-32,47-50H2,1-4H3,(H,82,83). The van der Waals surface area contributed by atoms with Gasteiger partial charge in [0.1, 0.15) is 0 Å². The Kier molecular flexibility index (Phi) is 18.9. The second-order valence-corrected chi connectivity index (χ2v) is 25.3. The molecule has 0 radical (unpaired) electrons. The van der Waals surface area contributed by atoms with Crippen LogP contribution in [0.15, 0.2) is 140 Å². The molecule has 0 saturated carbocycles. The van der Waals surface area contributed by atoms with Crippen molar-refractivity contribution in [1.29, 1.82) is 0 Å². The number of hydrogen-bond donors (Lipinski definition) is 1. The van der Waals surface area contributed by atoms with E-state index >= 15 is 0 Å². The van der Waals surface area contributed by atoms with Gasteiger partial charge in [-0.1, -0.05) is 279 Å². The van der Waals surface area contributed by atoms with Crippen molar-refractivity contribution >= 4 is 49.6 Å². The summed E-state index contributed by atoms with van der Waals surface area (Å²) in [5.41, 5.74) is 19.6. The molecule has 0 bridgehead atoms. The smallest absolute Gasteiger partial charge is 0.335 e. The van der Waals surface area contributed by atoms with E-state index in [1.54, 1.807) is 12.1 Å². The number of nitrogens with zero attached hydrogens (tertiary/aromatic N) is 2. The van der Waals surface area contributed by atoms with Crippen molar-refractivity contribution in [1.82, 2.24) is 9.97 Å². The second-order valence-electron chi connectivity index (χ2n) is 25.3. The first-order valence-electron chi connectivity index (χ1n) is 33.2.